The van der Waals surface area contributed by atoms with Gasteiger partial charge in [-0.3, -0.25) is 10.1 Å². The highest BCUT2D eigenvalue weighted by Gasteiger charge is 2.16. The minimum atomic E-state index is -0.755. The molecule has 0 amide bonds. The van der Waals surface area contributed by atoms with Crippen molar-refractivity contribution in [1.82, 2.24) is 0 Å². The van der Waals surface area contributed by atoms with E-state index in [4.69, 9.17) is 0 Å². The van der Waals surface area contributed by atoms with Crippen LogP contribution in [0.15, 0.2) is 53.0 Å². The highest BCUT2D eigenvalue weighted by Crippen LogP contribution is 2.25. The number of hydrogen-bond donors (Lipinski definition) is 1. The Morgan fingerprint density at radius 3 is 2.42 bits per heavy atom. The van der Waals surface area contributed by atoms with Crippen molar-refractivity contribution in [1.29, 1.82) is 0 Å². The maximum absolute atomic E-state index is 10.9. The molecule has 4 nitrogen and oxygen atoms in total. The minimum Gasteiger partial charge on any atom is -0.388 e. The van der Waals surface area contributed by atoms with E-state index in [2.05, 4.69) is 15.9 Å². The highest BCUT2D eigenvalue weighted by atomic mass is 79.9. The lowest BCUT2D eigenvalue weighted by Crippen LogP contribution is -2.04. The quantitative estimate of drug-likeness (QED) is 0.690. The Balaban J connectivity index is 2.21. The predicted octanol–water partition coefficient (Wildman–Crippen LogP) is 3.63. The van der Waals surface area contributed by atoms with Gasteiger partial charge in [-0.2, -0.15) is 0 Å². The third-order valence-electron chi connectivity index (χ3n) is 2.86. The Hall–Kier alpha value is -1.72. The summed E-state index contributed by atoms with van der Waals surface area (Å²) in [5, 5.41) is 21.0. The van der Waals surface area contributed by atoms with E-state index in [1.54, 1.807) is 30.3 Å². The van der Waals surface area contributed by atoms with Crippen LogP contribution in [0.5, 0.6) is 0 Å². The van der Waals surface area contributed by atoms with Crippen LogP contribution in [0.1, 0.15) is 17.2 Å². The molecule has 0 spiro atoms. The molecule has 0 heterocycles. The molecular formula is C14H12BrNO3. The number of benzene rings is 2. The Bertz CT molecular complexity index is 583. The van der Waals surface area contributed by atoms with Crippen molar-refractivity contribution in [3.63, 3.8) is 0 Å². The van der Waals surface area contributed by atoms with Crippen molar-refractivity contribution in [2.45, 2.75) is 12.5 Å². The summed E-state index contributed by atoms with van der Waals surface area (Å²) in [6, 6.07) is 13.7. The van der Waals surface area contributed by atoms with E-state index in [-0.39, 0.29) is 12.1 Å². The fourth-order valence-electron chi connectivity index (χ4n) is 1.87. The third-order valence-corrected chi connectivity index (χ3v) is 3.39. The van der Waals surface area contributed by atoms with E-state index in [0.717, 1.165) is 10.0 Å². The lowest BCUT2D eigenvalue weighted by molar-refractivity contribution is -0.385. The molecule has 0 saturated carbocycles. The first-order valence-corrected chi connectivity index (χ1v) is 6.53. The molecule has 2 rings (SSSR count). The largest absolute Gasteiger partial charge is 0.388 e. The molecule has 0 radical (unpaired) electrons. The molecule has 1 atom stereocenters. The fraction of sp³-hybridized carbons (Fsp3) is 0.143. The average molecular weight is 322 g/mol. The van der Waals surface area contributed by atoms with Crippen molar-refractivity contribution in [3.05, 3.63) is 74.2 Å². The van der Waals surface area contributed by atoms with Crippen LogP contribution >= 0.6 is 15.9 Å². The number of aliphatic hydroxyl groups is 1. The van der Waals surface area contributed by atoms with Gasteiger partial charge in [0.2, 0.25) is 0 Å². The Morgan fingerprint density at radius 1 is 1.16 bits per heavy atom. The van der Waals surface area contributed by atoms with E-state index in [1.165, 1.54) is 6.07 Å². The normalized spacial score (nSPS) is 12.1. The zero-order chi connectivity index (χ0) is 13.8. The molecule has 0 aliphatic rings. The molecular weight excluding hydrogens is 310 g/mol. The van der Waals surface area contributed by atoms with Crippen molar-refractivity contribution in [3.8, 4) is 0 Å². The number of para-hydroxylation sites is 1. The summed E-state index contributed by atoms with van der Waals surface area (Å²) in [7, 11) is 0. The van der Waals surface area contributed by atoms with Crippen LogP contribution in [0, 0.1) is 10.1 Å². The van der Waals surface area contributed by atoms with Gasteiger partial charge in [0.15, 0.2) is 0 Å². The van der Waals surface area contributed by atoms with Crippen LogP contribution in [0.2, 0.25) is 0 Å². The summed E-state index contributed by atoms with van der Waals surface area (Å²) in [6.45, 7) is 0. The van der Waals surface area contributed by atoms with Gasteiger partial charge in [0, 0.05) is 22.5 Å². The molecule has 0 aromatic heterocycles. The number of aliphatic hydroxyl groups excluding tert-OH is 1. The lowest BCUT2D eigenvalue weighted by atomic mass is 10.0. The van der Waals surface area contributed by atoms with Gasteiger partial charge in [-0.15, -0.1) is 0 Å². The number of nitro benzene ring substituents is 1. The summed E-state index contributed by atoms with van der Waals surface area (Å²) in [5.74, 6) is 0. The van der Waals surface area contributed by atoms with E-state index in [0.29, 0.717) is 5.56 Å². The van der Waals surface area contributed by atoms with Gasteiger partial charge in [0.1, 0.15) is 0 Å². The zero-order valence-electron chi connectivity index (χ0n) is 9.99. The molecule has 19 heavy (non-hydrogen) atoms. The monoisotopic (exact) mass is 321 g/mol. The molecule has 1 unspecified atom stereocenters. The van der Waals surface area contributed by atoms with Crippen molar-refractivity contribution >= 4 is 21.6 Å². The molecule has 0 saturated heterocycles. The minimum absolute atomic E-state index is 0.0404. The second kappa shape index (κ2) is 5.95. The molecule has 98 valence electrons. The summed E-state index contributed by atoms with van der Waals surface area (Å²) >= 11 is 3.32. The predicted molar refractivity (Wildman–Crippen MR) is 75.9 cm³/mol. The molecule has 2 aromatic rings. The van der Waals surface area contributed by atoms with Crippen LogP contribution in [-0.2, 0) is 6.42 Å². The van der Waals surface area contributed by atoms with Gasteiger partial charge in [0.05, 0.1) is 11.0 Å². The zero-order valence-corrected chi connectivity index (χ0v) is 11.6. The molecule has 0 fully saturated rings. The molecule has 0 aliphatic carbocycles. The molecule has 5 heteroatoms. The number of hydrogen-bond acceptors (Lipinski definition) is 3. The van der Waals surface area contributed by atoms with Crippen molar-refractivity contribution in [2.75, 3.05) is 0 Å². The van der Waals surface area contributed by atoms with Crippen LogP contribution in [0.25, 0.3) is 0 Å². The summed E-state index contributed by atoms with van der Waals surface area (Å²) in [5.41, 5.74) is 1.31. The topological polar surface area (TPSA) is 63.4 Å². The van der Waals surface area contributed by atoms with Crippen molar-refractivity contribution in [2.24, 2.45) is 0 Å². The van der Waals surface area contributed by atoms with E-state index in [1.807, 2.05) is 12.1 Å². The van der Waals surface area contributed by atoms with Crippen LogP contribution in [0.3, 0.4) is 0 Å². The summed E-state index contributed by atoms with van der Waals surface area (Å²) < 4.78 is 0.925. The second-order valence-corrected chi connectivity index (χ2v) is 5.07. The highest BCUT2D eigenvalue weighted by molar-refractivity contribution is 9.10. The third kappa shape index (κ3) is 3.39. The number of halogens is 1. The number of nitro groups is 1. The second-order valence-electron chi connectivity index (χ2n) is 4.16. The lowest BCUT2D eigenvalue weighted by Gasteiger charge is -2.11. The fourth-order valence-corrected chi connectivity index (χ4v) is 2.14. The Kier molecular flexibility index (Phi) is 4.29. The Morgan fingerprint density at radius 2 is 1.79 bits per heavy atom. The Labute approximate surface area is 119 Å². The van der Waals surface area contributed by atoms with Crippen LogP contribution in [-0.4, -0.2) is 10.0 Å². The van der Waals surface area contributed by atoms with Gasteiger partial charge in [-0.05, 0) is 17.7 Å². The maximum Gasteiger partial charge on any atom is 0.272 e. The van der Waals surface area contributed by atoms with Gasteiger partial charge >= 0.3 is 0 Å². The first-order chi connectivity index (χ1) is 9.08. The standard InChI is InChI=1S/C14H12BrNO3/c15-12-7-5-10(6-8-12)14(17)9-11-3-1-2-4-13(11)16(18)19/h1-8,14,17H,9H2. The molecule has 1 N–H and O–H groups in total. The van der Waals surface area contributed by atoms with Gasteiger partial charge in [0.25, 0.3) is 5.69 Å². The molecule has 0 aliphatic heterocycles. The number of rotatable bonds is 4. The number of nitrogens with zero attached hydrogens (tertiary/aromatic N) is 1. The van der Waals surface area contributed by atoms with Gasteiger partial charge in [-0.25, -0.2) is 0 Å². The smallest absolute Gasteiger partial charge is 0.272 e. The summed E-state index contributed by atoms with van der Waals surface area (Å²) in [4.78, 5) is 10.5. The van der Waals surface area contributed by atoms with Gasteiger partial charge in [-0.1, -0.05) is 46.3 Å². The van der Waals surface area contributed by atoms with Crippen LogP contribution < -0.4 is 0 Å². The van der Waals surface area contributed by atoms with Crippen LogP contribution in [0.4, 0.5) is 5.69 Å². The summed E-state index contributed by atoms with van der Waals surface area (Å²) in [6.07, 6.45) is -0.534. The SMILES string of the molecule is O=[N+]([O-])c1ccccc1CC(O)c1ccc(Br)cc1. The van der Waals surface area contributed by atoms with E-state index >= 15 is 0 Å². The molecule has 2 aromatic carbocycles. The van der Waals surface area contributed by atoms with E-state index < -0.39 is 11.0 Å². The van der Waals surface area contributed by atoms with Gasteiger partial charge < -0.3 is 5.11 Å². The first-order valence-electron chi connectivity index (χ1n) is 5.74. The maximum atomic E-state index is 10.9. The average Bonchev–Trinajstić information content (AvgIpc) is 2.39. The first kappa shape index (κ1) is 13.7. The van der Waals surface area contributed by atoms with Crippen molar-refractivity contribution < 1.29 is 10.0 Å². The van der Waals surface area contributed by atoms with E-state index in [9.17, 15) is 15.2 Å². The molecule has 0 bridgehead atoms.